The number of ketones is 1. The second-order valence-corrected chi connectivity index (χ2v) is 7.50. The molecule has 1 aliphatic heterocycles. The number of halogens is 1. The number of benzene rings is 2. The maximum Gasteiger partial charge on any atom is 0.251 e. The number of nitrogens with zero attached hydrogens (tertiary/aromatic N) is 1. The van der Waals surface area contributed by atoms with Gasteiger partial charge in [-0.1, -0.05) is 48.9 Å². The lowest BCUT2D eigenvalue weighted by Gasteiger charge is -2.41. The number of hydrogen-bond acceptors (Lipinski definition) is 4. The van der Waals surface area contributed by atoms with Crippen LogP contribution < -0.4 is 0 Å². The summed E-state index contributed by atoms with van der Waals surface area (Å²) in [6.45, 7) is 1.56. The van der Waals surface area contributed by atoms with Crippen LogP contribution in [0.25, 0.3) is 5.76 Å². The van der Waals surface area contributed by atoms with Crippen LogP contribution in [-0.4, -0.2) is 17.8 Å². The van der Waals surface area contributed by atoms with Gasteiger partial charge in [-0.25, -0.2) is 0 Å². The molecule has 0 N–H and O–H groups in total. The summed E-state index contributed by atoms with van der Waals surface area (Å²) in [5, 5.41) is 0. The molecule has 0 atom stereocenters. The van der Waals surface area contributed by atoms with E-state index in [1.165, 1.54) is 6.42 Å². The first-order chi connectivity index (χ1) is 14.1. The number of Topliss-reactive ketones (excluding diaryl/α,β-unsaturated/α-hetero) is 1. The quantitative estimate of drug-likeness (QED) is 0.366. The molecule has 5 heteroatoms. The summed E-state index contributed by atoms with van der Waals surface area (Å²) in [5.41, 5.74) is 2.43. The van der Waals surface area contributed by atoms with Gasteiger partial charge in [0.05, 0.1) is 5.69 Å². The van der Waals surface area contributed by atoms with E-state index in [0.29, 0.717) is 5.56 Å². The third-order valence-electron chi connectivity index (χ3n) is 5.26. The fraction of sp³-hybridized carbons (Fsp3) is 0.280. The summed E-state index contributed by atoms with van der Waals surface area (Å²) in [6, 6.07) is 17.4. The van der Waals surface area contributed by atoms with Crippen LogP contribution in [0.2, 0.25) is 0 Å². The summed E-state index contributed by atoms with van der Waals surface area (Å²) < 4.78 is 12.6. The van der Waals surface area contributed by atoms with Crippen molar-refractivity contribution >= 4 is 40.4 Å². The van der Waals surface area contributed by atoms with Gasteiger partial charge in [-0.15, -0.1) is 17.0 Å². The van der Waals surface area contributed by atoms with Gasteiger partial charge in [-0.2, -0.15) is 0 Å². The number of aliphatic imine (C=N–C) groups is 1. The molecule has 1 heterocycles. The van der Waals surface area contributed by atoms with E-state index in [0.717, 1.165) is 48.5 Å². The molecule has 4 nitrogen and oxygen atoms in total. The number of hydrogen-bond donors (Lipinski definition) is 0. The summed E-state index contributed by atoms with van der Waals surface area (Å²) in [5.74, 6) is 1.01. The number of rotatable bonds is 4. The Morgan fingerprint density at radius 1 is 1.00 bits per heavy atom. The van der Waals surface area contributed by atoms with Crippen LogP contribution in [0.5, 0.6) is 0 Å². The molecule has 1 saturated carbocycles. The standard InChI is InChI=1S/C25H25NO3.BrH/c1-19(27)21-11-8-12-22(17-21)26-16-13-23-18-24(20-9-4-2-5-10-20)29-25(28-23)14-6-3-7-15-25;/h2,4-5,8-13,16-18H,3,6-7,14-15H2,1H3;1H/b23-13-,26-16?;. The van der Waals surface area contributed by atoms with Gasteiger partial charge in [-0.3, -0.25) is 9.79 Å². The van der Waals surface area contributed by atoms with E-state index in [9.17, 15) is 4.79 Å². The smallest absolute Gasteiger partial charge is 0.251 e. The molecular weight excluding hydrogens is 442 g/mol. The molecule has 2 aromatic rings. The zero-order chi connectivity index (χ0) is 20.1. The van der Waals surface area contributed by atoms with Crippen LogP contribution in [-0.2, 0) is 9.47 Å². The molecule has 1 aliphatic carbocycles. The van der Waals surface area contributed by atoms with Gasteiger partial charge in [0.15, 0.2) is 5.78 Å². The zero-order valence-corrected chi connectivity index (χ0v) is 18.8. The van der Waals surface area contributed by atoms with E-state index in [1.54, 1.807) is 25.3 Å². The van der Waals surface area contributed by atoms with Crippen molar-refractivity contribution in [2.75, 3.05) is 0 Å². The maximum atomic E-state index is 11.6. The van der Waals surface area contributed by atoms with Gasteiger partial charge in [-0.05, 0) is 38.0 Å². The van der Waals surface area contributed by atoms with E-state index in [-0.39, 0.29) is 22.8 Å². The summed E-state index contributed by atoms with van der Waals surface area (Å²) in [7, 11) is 0. The fourth-order valence-corrected chi connectivity index (χ4v) is 3.75. The van der Waals surface area contributed by atoms with E-state index in [2.05, 4.69) is 4.99 Å². The molecule has 0 amide bonds. The molecule has 0 unspecified atom stereocenters. The normalized spacial score (nSPS) is 19.0. The molecule has 2 aliphatic rings. The maximum absolute atomic E-state index is 11.6. The van der Waals surface area contributed by atoms with Crippen LogP contribution in [0.15, 0.2) is 77.5 Å². The molecule has 0 saturated heterocycles. The predicted octanol–water partition coefficient (Wildman–Crippen LogP) is 6.80. The van der Waals surface area contributed by atoms with Crippen molar-refractivity contribution in [3.8, 4) is 0 Å². The number of ether oxygens (including phenoxy) is 2. The largest absolute Gasteiger partial charge is 0.452 e. The molecule has 30 heavy (non-hydrogen) atoms. The predicted molar refractivity (Wildman–Crippen MR) is 125 cm³/mol. The van der Waals surface area contributed by atoms with Crippen LogP contribution in [0, 0.1) is 0 Å². The highest BCUT2D eigenvalue weighted by molar-refractivity contribution is 8.93. The molecule has 0 bridgehead atoms. The van der Waals surface area contributed by atoms with Gasteiger partial charge in [0.1, 0.15) is 11.5 Å². The van der Waals surface area contributed by atoms with Crippen LogP contribution in [0.3, 0.4) is 0 Å². The third-order valence-corrected chi connectivity index (χ3v) is 5.26. The Morgan fingerprint density at radius 2 is 1.77 bits per heavy atom. The van der Waals surface area contributed by atoms with Crippen molar-refractivity contribution in [2.24, 2.45) is 4.99 Å². The topological polar surface area (TPSA) is 47.9 Å². The Hall–Kier alpha value is -2.66. The summed E-state index contributed by atoms with van der Waals surface area (Å²) >= 11 is 0. The van der Waals surface area contributed by atoms with Crippen LogP contribution in [0.4, 0.5) is 5.69 Å². The fourth-order valence-electron chi connectivity index (χ4n) is 3.75. The molecule has 2 aromatic carbocycles. The van der Waals surface area contributed by atoms with Gasteiger partial charge in [0, 0.05) is 36.3 Å². The highest BCUT2D eigenvalue weighted by Crippen LogP contribution is 2.41. The van der Waals surface area contributed by atoms with Gasteiger partial charge in [0.2, 0.25) is 0 Å². The lowest BCUT2D eigenvalue weighted by Crippen LogP contribution is -2.39. The van der Waals surface area contributed by atoms with Crippen molar-refractivity contribution in [3.63, 3.8) is 0 Å². The monoisotopic (exact) mass is 467 g/mol. The minimum atomic E-state index is -0.591. The van der Waals surface area contributed by atoms with Crippen LogP contribution >= 0.6 is 17.0 Å². The van der Waals surface area contributed by atoms with E-state index in [1.807, 2.05) is 54.6 Å². The second-order valence-electron chi connectivity index (χ2n) is 7.50. The number of carbonyl (C=O) groups is 1. The Morgan fingerprint density at radius 3 is 2.50 bits per heavy atom. The SMILES string of the molecule is Br.CC(=O)c1cccc(N=C/C=C2/C=C(c3ccccc3)OC3(CCCCC3)O2)c1. The number of carbonyl (C=O) groups excluding carboxylic acids is 1. The average molecular weight is 468 g/mol. The second kappa shape index (κ2) is 9.90. The van der Waals surface area contributed by atoms with Gasteiger partial charge >= 0.3 is 0 Å². The number of allylic oxidation sites excluding steroid dienone is 2. The lowest BCUT2D eigenvalue weighted by atomic mass is 9.93. The molecule has 0 radical (unpaired) electrons. The van der Waals surface area contributed by atoms with Crippen LogP contribution in [0.1, 0.15) is 54.9 Å². The van der Waals surface area contributed by atoms with Crippen molar-refractivity contribution in [2.45, 2.75) is 44.8 Å². The summed E-state index contributed by atoms with van der Waals surface area (Å²) in [6.07, 6.45) is 10.7. The van der Waals surface area contributed by atoms with Crippen molar-refractivity contribution < 1.29 is 14.3 Å². The van der Waals surface area contributed by atoms with Crippen molar-refractivity contribution in [1.29, 1.82) is 0 Å². The van der Waals surface area contributed by atoms with E-state index < -0.39 is 5.79 Å². The highest BCUT2D eigenvalue weighted by Gasteiger charge is 2.40. The van der Waals surface area contributed by atoms with E-state index in [4.69, 9.17) is 9.47 Å². The Balaban J connectivity index is 0.00000256. The minimum Gasteiger partial charge on any atom is -0.452 e. The first-order valence-electron chi connectivity index (χ1n) is 10.1. The highest BCUT2D eigenvalue weighted by atomic mass is 79.9. The first kappa shape index (κ1) is 22.0. The summed E-state index contributed by atoms with van der Waals surface area (Å²) in [4.78, 5) is 16.0. The molecule has 1 fully saturated rings. The average Bonchev–Trinajstić information content (AvgIpc) is 2.75. The van der Waals surface area contributed by atoms with Crippen molar-refractivity contribution in [1.82, 2.24) is 0 Å². The van der Waals surface area contributed by atoms with Gasteiger partial charge in [0.25, 0.3) is 5.79 Å². The van der Waals surface area contributed by atoms with Crippen molar-refractivity contribution in [3.05, 3.63) is 83.6 Å². The Labute approximate surface area is 188 Å². The molecule has 1 spiro atoms. The third kappa shape index (κ3) is 5.28. The molecule has 0 aromatic heterocycles. The van der Waals surface area contributed by atoms with Gasteiger partial charge < -0.3 is 9.47 Å². The lowest BCUT2D eigenvalue weighted by molar-refractivity contribution is -0.196. The Kier molecular flexibility index (Phi) is 7.27. The van der Waals surface area contributed by atoms with E-state index >= 15 is 0 Å². The molecular formula is C25H26BrNO3. The molecule has 4 rings (SSSR count). The first-order valence-corrected chi connectivity index (χ1v) is 10.1. The minimum absolute atomic E-state index is 0. The Bertz CT molecular complexity index is 973. The zero-order valence-electron chi connectivity index (χ0n) is 17.0. The molecule has 156 valence electrons.